The average molecular weight is 273 g/mol. The van der Waals surface area contributed by atoms with Crippen molar-refractivity contribution in [1.29, 1.82) is 0 Å². The Balaban J connectivity index is 1.99. The van der Waals surface area contributed by atoms with Gasteiger partial charge in [-0.25, -0.2) is 9.37 Å². The Hall–Kier alpha value is -2.54. The number of hydrogen-bond donors (Lipinski definition) is 1. The third kappa shape index (κ3) is 2.08. The summed E-state index contributed by atoms with van der Waals surface area (Å²) in [6, 6.07) is 4.50. The van der Waals surface area contributed by atoms with Crippen molar-refractivity contribution in [2.45, 2.75) is 13.5 Å². The first-order valence-electron chi connectivity index (χ1n) is 6.01. The highest BCUT2D eigenvalue weighted by Crippen LogP contribution is 2.24. The van der Waals surface area contributed by atoms with E-state index in [0.29, 0.717) is 17.0 Å². The normalized spacial score (nSPS) is 10.9. The minimum atomic E-state index is -0.408. The van der Waals surface area contributed by atoms with E-state index in [-0.39, 0.29) is 12.4 Å². The van der Waals surface area contributed by atoms with Gasteiger partial charge in [-0.3, -0.25) is 4.40 Å². The zero-order valence-electron chi connectivity index (χ0n) is 10.7. The number of nitrogens with zero attached hydrogens (tertiary/aromatic N) is 4. The van der Waals surface area contributed by atoms with Crippen LogP contribution in [0.4, 0.5) is 4.39 Å². The maximum atomic E-state index is 13.7. The van der Waals surface area contributed by atoms with Gasteiger partial charge in [-0.15, -0.1) is 10.2 Å². The quantitative estimate of drug-likeness (QED) is 0.787. The largest absolute Gasteiger partial charge is 0.436 e. The second-order valence-electron chi connectivity index (χ2n) is 4.23. The highest BCUT2D eigenvalue weighted by molar-refractivity contribution is 5.50. The topological polar surface area (TPSA) is 78.3 Å². The van der Waals surface area contributed by atoms with E-state index in [9.17, 15) is 4.39 Å². The number of nitrogens with two attached hydrogens (primary N) is 1. The smallest absolute Gasteiger partial charge is 0.265 e. The number of rotatable bonds is 3. The van der Waals surface area contributed by atoms with Crippen molar-refractivity contribution in [1.82, 2.24) is 19.6 Å². The summed E-state index contributed by atoms with van der Waals surface area (Å²) in [5.41, 5.74) is 6.33. The lowest BCUT2D eigenvalue weighted by Crippen LogP contribution is -2.00. The van der Waals surface area contributed by atoms with E-state index in [2.05, 4.69) is 15.2 Å². The lowest BCUT2D eigenvalue weighted by molar-refractivity contribution is 0.459. The van der Waals surface area contributed by atoms with Crippen LogP contribution in [0.15, 0.2) is 30.6 Å². The molecule has 0 aliphatic heterocycles. The van der Waals surface area contributed by atoms with Crippen LogP contribution in [0.2, 0.25) is 0 Å². The zero-order chi connectivity index (χ0) is 14.1. The van der Waals surface area contributed by atoms with Crippen molar-refractivity contribution in [2.24, 2.45) is 5.73 Å². The summed E-state index contributed by atoms with van der Waals surface area (Å²) < 4.78 is 21.0. The summed E-state index contributed by atoms with van der Waals surface area (Å²) in [6.07, 6.45) is 3.30. The van der Waals surface area contributed by atoms with Crippen molar-refractivity contribution in [3.05, 3.63) is 47.8 Å². The molecule has 3 rings (SSSR count). The minimum Gasteiger partial charge on any atom is -0.436 e. The van der Waals surface area contributed by atoms with Gasteiger partial charge in [-0.1, -0.05) is 6.07 Å². The highest BCUT2D eigenvalue weighted by atomic mass is 19.1. The van der Waals surface area contributed by atoms with Crippen LogP contribution < -0.4 is 10.5 Å². The van der Waals surface area contributed by atoms with Crippen molar-refractivity contribution in [3.63, 3.8) is 0 Å². The van der Waals surface area contributed by atoms with Crippen LogP contribution in [-0.2, 0) is 6.54 Å². The van der Waals surface area contributed by atoms with E-state index >= 15 is 0 Å². The monoisotopic (exact) mass is 273 g/mol. The molecule has 2 heterocycles. The van der Waals surface area contributed by atoms with Crippen LogP contribution in [0.1, 0.15) is 11.4 Å². The number of aromatic nitrogens is 4. The first-order chi connectivity index (χ1) is 9.69. The van der Waals surface area contributed by atoms with Crippen LogP contribution in [0.25, 0.3) is 5.65 Å². The van der Waals surface area contributed by atoms with Crippen LogP contribution in [0.3, 0.4) is 0 Å². The lowest BCUT2D eigenvalue weighted by Gasteiger charge is -2.07. The van der Waals surface area contributed by atoms with Gasteiger partial charge in [0.2, 0.25) is 5.65 Å². The third-order valence-corrected chi connectivity index (χ3v) is 2.92. The molecule has 3 aromatic rings. The van der Waals surface area contributed by atoms with Gasteiger partial charge in [0.1, 0.15) is 17.4 Å². The molecule has 20 heavy (non-hydrogen) atoms. The van der Waals surface area contributed by atoms with Gasteiger partial charge in [0.25, 0.3) is 5.88 Å². The Morgan fingerprint density at radius 2 is 2.20 bits per heavy atom. The predicted octanol–water partition coefficient (Wildman–Crippen LogP) is 1.82. The Bertz CT molecular complexity index is 771. The molecule has 0 saturated carbocycles. The molecular formula is C13H12FN5O. The summed E-state index contributed by atoms with van der Waals surface area (Å²) in [5.74, 6) is 0.917. The van der Waals surface area contributed by atoms with Gasteiger partial charge in [0.15, 0.2) is 0 Å². The number of ether oxygens (including phenoxy) is 1. The Kier molecular flexibility index (Phi) is 3.03. The molecule has 0 amide bonds. The first kappa shape index (κ1) is 12.5. The standard InChI is InChI=1S/C13H12FN5O/c1-8-17-18-12-13(16-4-5-19(8)12)20-10-3-2-9(7-15)11(14)6-10/h2-6H,7,15H2,1H3. The van der Waals surface area contributed by atoms with Crippen LogP contribution in [-0.4, -0.2) is 19.6 Å². The summed E-state index contributed by atoms with van der Waals surface area (Å²) in [5, 5.41) is 7.93. The van der Waals surface area contributed by atoms with Gasteiger partial charge >= 0.3 is 0 Å². The molecule has 0 unspecified atom stereocenters. The SMILES string of the molecule is Cc1nnc2c(Oc3ccc(CN)c(F)c3)nccn12. The molecule has 0 saturated heterocycles. The molecule has 0 aliphatic carbocycles. The fourth-order valence-corrected chi connectivity index (χ4v) is 1.86. The molecule has 7 heteroatoms. The molecule has 0 radical (unpaired) electrons. The predicted molar refractivity (Wildman–Crippen MR) is 69.9 cm³/mol. The second kappa shape index (κ2) is 4.86. The molecule has 0 bridgehead atoms. The fourth-order valence-electron chi connectivity index (χ4n) is 1.86. The van der Waals surface area contributed by atoms with Crippen molar-refractivity contribution in [2.75, 3.05) is 0 Å². The molecule has 0 spiro atoms. The van der Waals surface area contributed by atoms with E-state index in [1.165, 1.54) is 6.07 Å². The second-order valence-corrected chi connectivity index (χ2v) is 4.23. The van der Waals surface area contributed by atoms with Gasteiger partial charge < -0.3 is 10.5 Å². The molecular weight excluding hydrogens is 261 g/mol. The third-order valence-electron chi connectivity index (χ3n) is 2.92. The highest BCUT2D eigenvalue weighted by Gasteiger charge is 2.11. The zero-order valence-corrected chi connectivity index (χ0v) is 10.7. The Labute approximate surface area is 114 Å². The number of fused-ring (bicyclic) bond motifs is 1. The van der Waals surface area contributed by atoms with Gasteiger partial charge in [0, 0.05) is 30.6 Å². The summed E-state index contributed by atoms with van der Waals surface area (Å²) >= 11 is 0. The first-order valence-corrected chi connectivity index (χ1v) is 6.01. The molecule has 6 nitrogen and oxygen atoms in total. The van der Waals surface area contributed by atoms with Crippen molar-refractivity contribution >= 4 is 5.65 Å². The molecule has 0 fully saturated rings. The van der Waals surface area contributed by atoms with Crippen LogP contribution >= 0.6 is 0 Å². The lowest BCUT2D eigenvalue weighted by atomic mass is 10.2. The van der Waals surface area contributed by atoms with E-state index in [1.54, 1.807) is 28.9 Å². The van der Waals surface area contributed by atoms with E-state index in [1.807, 2.05) is 6.92 Å². The van der Waals surface area contributed by atoms with Crippen molar-refractivity contribution in [3.8, 4) is 11.6 Å². The molecule has 102 valence electrons. The van der Waals surface area contributed by atoms with Gasteiger partial charge in [-0.05, 0) is 13.0 Å². The van der Waals surface area contributed by atoms with Crippen LogP contribution in [0.5, 0.6) is 11.6 Å². The molecule has 2 N–H and O–H groups in total. The average Bonchev–Trinajstić information content (AvgIpc) is 2.82. The summed E-state index contributed by atoms with van der Waals surface area (Å²) in [4.78, 5) is 4.10. The van der Waals surface area contributed by atoms with E-state index in [4.69, 9.17) is 10.5 Å². The summed E-state index contributed by atoms with van der Waals surface area (Å²) in [6.45, 7) is 1.96. The number of benzene rings is 1. The number of hydrogen-bond acceptors (Lipinski definition) is 5. The molecule has 1 aromatic carbocycles. The molecule has 0 aliphatic rings. The minimum absolute atomic E-state index is 0.142. The van der Waals surface area contributed by atoms with Gasteiger partial charge in [-0.2, -0.15) is 0 Å². The fraction of sp³-hybridized carbons (Fsp3) is 0.154. The van der Waals surface area contributed by atoms with Crippen molar-refractivity contribution < 1.29 is 9.13 Å². The molecule has 2 aromatic heterocycles. The van der Waals surface area contributed by atoms with E-state index < -0.39 is 5.82 Å². The number of halogens is 1. The number of aryl methyl sites for hydroxylation is 1. The maximum Gasteiger partial charge on any atom is 0.265 e. The molecule has 0 atom stereocenters. The van der Waals surface area contributed by atoms with Gasteiger partial charge in [0.05, 0.1) is 0 Å². The maximum absolute atomic E-state index is 13.7. The Morgan fingerprint density at radius 3 is 2.95 bits per heavy atom. The Morgan fingerprint density at radius 1 is 1.35 bits per heavy atom. The van der Waals surface area contributed by atoms with E-state index in [0.717, 1.165) is 5.82 Å². The van der Waals surface area contributed by atoms with Crippen LogP contribution in [0, 0.1) is 12.7 Å². The summed E-state index contributed by atoms with van der Waals surface area (Å²) in [7, 11) is 0.